The highest BCUT2D eigenvalue weighted by Crippen LogP contribution is 2.39. The van der Waals surface area contributed by atoms with Crippen LogP contribution in [0.3, 0.4) is 0 Å². The minimum absolute atomic E-state index is 0.0355. The summed E-state index contributed by atoms with van der Waals surface area (Å²) >= 11 is 5.08. The highest BCUT2D eigenvalue weighted by molar-refractivity contribution is 7.85. The van der Waals surface area contributed by atoms with Gasteiger partial charge in [0.15, 0.2) is 11.5 Å². The predicted octanol–water partition coefficient (Wildman–Crippen LogP) is 2.44. The third-order valence-corrected chi connectivity index (χ3v) is 5.39. The molecular formula is C18H20N2O6S2. The van der Waals surface area contributed by atoms with Gasteiger partial charge in [0.25, 0.3) is 21.2 Å². The van der Waals surface area contributed by atoms with Crippen molar-refractivity contribution >= 4 is 39.1 Å². The van der Waals surface area contributed by atoms with Crippen LogP contribution in [-0.2, 0) is 19.6 Å². The third kappa shape index (κ3) is 4.18. The second-order valence-electron chi connectivity index (χ2n) is 6.27. The number of hydrogen-bond donors (Lipinski definition) is 1. The van der Waals surface area contributed by atoms with Gasteiger partial charge < -0.3 is 14.4 Å². The first kappa shape index (κ1) is 20.3. The van der Waals surface area contributed by atoms with E-state index in [1.807, 2.05) is 36.1 Å². The lowest BCUT2D eigenvalue weighted by Crippen LogP contribution is -2.30. The van der Waals surface area contributed by atoms with Gasteiger partial charge in [-0.05, 0) is 44.6 Å². The minimum atomic E-state index is -4.10. The van der Waals surface area contributed by atoms with Crippen LogP contribution in [0.4, 0.5) is 5.69 Å². The zero-order valence-corrected chi connectivity index (χ0v) is 17.0. The monoisotopic (exact) mass is 424 g/mol. The van der Waals surface area contributed by atoms with E-state index in [-0.39, 0.29) is 23.9 Å². The molecule has 28 heavy (non-hydrogen) atoms. The number of carbonyl (C=O) groups excluding carboxylic acids is 1. The number of anilines is 1. The average molecular weight is 425 g/mol. The van der Waals surface area contributed by atoms with E-state index in [1.165, 1.54) is 4.90 Å². The van der Waals surface area contributed by atoms with Gasteiger partial charge >= 0.3 is 0 Å². The molecule has 0 aromatic heterocycles. The summed E-state index contributed by atoms with van der Waals surface area (Å²) in [6.45, 7) is 4.42. The fraction of sp³-hybridized carbons (Fsp3) is 0.333. The van der Waals surface area contributed by atoms with E-state index in [9.17, 15) is 13.2 Å². The van der Waals surface area contributed by atoms with Crippen molar-refractivity contribution in [1.82, 2.24) is 4.90 Å². The molecule has 0 spiro atoms. The lowest BCUT2D eigenvalue weighted by molar-refractivity contribution is -0.123. The number of amides is 1. The Morgan fingerprint density at radius 1 is 1.25 bits per heavy atom. The highest BCUT2D eigenvalue weighted by atomic mass is 32.2. The van der Waals surface area contributed by atoms with E-state index in [1.54, 1.807) is 13.0 Å². The van der Waals surface area contributed by atoms with Crippen molar-refractivity contribution in [3.05, 3.63) is 47.6 Å². The quantitative estimate of drug-likeness (QED) is 0.423. The minimum Gasteiger partial charge on any atom is -0.439 e. The number of nitrogens with zero attached hydrogens (tertiary/aromatic N) is 2. The van der Waals surface area contributed by atoms with Gasteiger partial charge in [0.05, 0.1) is 11.4 Å². The van der Waals surface area contributed by atoms with Crippen LogP contribution >= 0.6 is 12.2 Å². The van der Waals surface area contributed by atoms with Crippen molar-refractivity contribution in [2.75, 3.05) is 23.7 Å². The first-order chi connectivity index (χ1) is 13.2. The molecule has 0 bridgehead atoms. The van der Waals surface area contributed by atoms with Gasteiger partial charge in [0.2, 0.25) is 5.88 Å². The summed E-state index contributed by atoms with van der Waals surface area (Å²) in [7, 11) is -4.10. The Bertz CT molecular complexity index is 984. The van der Waals surface area contributed by atoms with E-state index >= 15 is 0 Å². The fourth-order valence-corrected chi connectivity index (χ4v) is 3.73. The van der Waals surface area contributed by atoms with Crippen LogP contribution in [0.25, 0.3) is 0 Å². The Morgan fingerprint density at radius 3 is 2.64 bits per heavy atom. The summed E-state index contributed by atoms with van der Waals surface area (Å²) in [6, 6.07) is 7.62. The summed E-state index contributed by atoms with van der Waals surface area (Å²) in [4.78, 5) is 15.8. The second kappa shape index (κ2) is 7.90. The molecule has 0 atom stereocenters. The molecule has 2 aliphatic rings. The highest BCUT2D eigenvalue weighted by Gasteiger charge is 2.35. The Morgan fingerprint density at radius 2 is 1.96 bits per heavy atom. The van der Waals surface area contributed by atoms with Crippen molar-refractivity contribution < 1.29 is 27.2 Å². The number of ether oxygens (including phenoxy) is 2. The van der Waals surface area contributed by atoms with Crippen LogP contribution in [0.1, 0.15) is 20.3 Å². The summed E-state index contributed by atoms with van der Waals surface area (Å²) in [5, 5.41) is -0.0453. The van der Waals surface area contributed by atoms with Crippen LogP contribution < -0.4 is 9.64 Å². The average Bonchev–Trinajstić information content (AvgIpc) is 3.11. The smallest absolute Gasteiger partial charge is 0.297 e. The number of carbonyl (C=O) groups is 1. The Hall–Kier alpha value is -2.43. The van der Waals surface area contributed by atoms with Crippen molar-refractivity contribution in [3.63, 3.8) is 0 Å². The Kier molecular flexibility index (Phi) is 5.73. The number of fused-ring (bicyclic) bond motifs is 1. The van der Waals surface area contributed by atoms with Gasteiger partial charge in [0.1, 0.15) is 0 Å². The first-order valence-corrected chi connectivity index (χ1v) is 10.7. The molecule has 0 saturated carbocycles. The van der Waals surface area contributed by atoms with E-state index in [4.69, 9.17) is 26.2 Å². The zero-order chi connectivity index (χ0) is 20.5. The largest absolute Gasteiger partial charge is 0.439 e. The van der Waals surface area contributed by atoms with Crippen molar-refractivity contribution in [3.8, 4) is 5.75 Å². The van der Waals surface area contributed by atoms with E-state index in [2.05, 4.69) is 0 Å². The van der Waals surface area contributed by atoms with Crippen LogP contribution in [0.15, 0.2) is 47.6 Å². The molecule has 3 rings (SSSR count). The molecule has 8 nitrogen and oxygen atoms in total. The topological polar surface area (TPSA) is 96.4 Å². The normalized spacial score (nSPS) is 19.8. The molecule has 10 heteroatoms. The van der Waals surface area contributed by atoms with E-state index < -0.39 is 21.8 Å². The first-order valence-electron chi connectivity index (χ1n) is 8.67. The standard InChI is InChI=1S/C18H20N2O6S2/c1-3-19-13-7-4-5-8-14(13)25-15(19)11-12(2)16-17(21)20(18(27)26-16)9-6-10-28(22,23)24/h4-5,7-8,11H,3,6,9-10H2,1-2H3,(H,22,23,24)/b15-11-,16-12-. The SMILES string of the molecule is CCN1/C(=C/C(C)=C2\OC(=S)N(CCCS(=O)(=O)O)C2=O)Oc2ccccc21. The van der Waals surface area contributed by atoms with Gasteiger partial charge in [-0.2, -0.15) is 8.42 Å². The van der Waals surface area contributed by atoms with Gasteiger partial charge in [-0.25, -0.2) is 0 Å². The van der Waals surface area contributed by atoms with Crippen LogP contribution in [-0.4, -0.2) is 47.8 Å². The zero-order valence-electron chi connectivity index (χ0n) is 15.4. The molecule has 2 heterocycles. The maximum Gasteiger partial charge on any atom is 0.297 e. The third-order valence-electron chi connectivity index (χ3n) is 4.28. The molecule has 1 aromatic carbocycles. The molecule has 1 amide bonds. The number of para-hydroxylation sites is 2. The maximum atomic E-state index is 12.6. The van der Waals surface area contributed by atoms with Gasteiger partial charge in [-0.1, -0.05) is 12.1 Å². The van der Waals surface area contributed by atoms with E-state index in [0.29, 0.717) is 18.0 Å². The number of allylic oxidation sites excluding steroid dienone is 2. The van der Waals surface area contributed by atoms with Crippen LogP contribution in [0.5, 0.6) is 5.75 Å². The summed E-state index contributed by atoms with van der Waals surface area (Å²) in [6.07, 6.45) is 1.75. The van der Waals surface area contributed by atoms with E-state index in [0.717, 1.165) is 11.4 Å². The molecule has 1 fully saturated rings. The van der Waals surface area contributed by atoms with Gasteiger partial charge in [-0.15, -0.1) is 0 Å². The number of benzene rings is 1. The van der Waals surface area contributed by atoms with Gasteiger partial charge in [-0.3, -0.25) is 14.2 Å². The molecule has 0 radical (unpaired) electrons. The number of hydrogen-bond acceptors (Lipinski definition) is 7. The molecule has 1 N–H and O–H groups in total. The molecule has 0 unspecified atom stereocenters. The van der Waals surface area contributed by atoms with Gasteiger partial charge in [0, 0.05) is 24.7 Å². The van der Waals surface area contributed by atoms with Crippen LogP contribution in [0, 0.1) is 0 Å². The summed E-state index contributed by atoms with van der Waals surface area (Å²) < 4.78 is 41.8. The number of thiocarbonyl (C=S) groups is 1. The van der Waals surface area contributed by atoms with Crippen molar-refractivity contribution in [2.24, 2.45) is 0 Å². The van der Waals surface area contributed by atoms with Crippen molar-refractivity contribution in [1.29, 1.82) is 0 Å². The lowest BCUT2D eigenvalue weighted by atomic mass is 10.2. The predicted molar refractivity (Wildman–Crippen MR) is 107 cm³/mol. The van der Waals surface area contributed by atoms with Crippen molar-refractivity contribution in [2.45, 2.75) is 20.3 Å². The Balaban J connectivity index is 1.79. The Labute approximate surface area is 168 Å². The molecular weight excluding hydrogens is 404 g/mol. The summed E-state index contributed by atoms with van der Waals surface area (Å²) in [5.41, 5.74) is 1.47. The maximum absolute atomic E-state index is 12.6. The van der Waals surface area contributed by atoms with Crippen LogP contribution in [0.2, 0.25) is 0 Å². The summed E-state index contributed by atoms with van der Waals surface area (Å²) in [5.74, 6) is 0.461. The number of rotatable bonds is 6. The molecule has 1 aromatic rings. The fourth-order valence-electron chi connectivity index (χ4n) is 2.98. The molecule has 0 aliphatic carbocycles. The molecule has 1 saturated heterocycles. The lowest BCUT2D eigenvalue weighted by Gasteiger charge is -2.15. The molecule has 2 aliphatic heterocycles. The second-order valence-corrected chi connectivity index (χ2v) is 8.19. The molecule has 150 valence electrons.